The second-order valence-corrected chi connectivity index (χ2v) is 4.49. The van der Waals surface area contributed by atoms with Crippen molar-refractivity contribution < 1.29 is 8.78 Å². The molecule has 15 heavy (non-hydrogen) atoms. The van der Waals surface area contributed by atoms with E-state index in [0.29, 0.717) is 24.8 Å². The first-order chi connectivity index (χ1) is 6.99. The van der Waals surface area contributed by atoms with Crippen LogP contribution >= 0.6 is 0 Å². The molecule has 1 saturated carbocycles. The fourth-order valence-electron chi connectivity index (χ4n) is 2.29. The Morgan fingerprint density at radius 1 is 1.40 bits per heavy atom. The van der Waals surface area contributed by atoms with E-state index in [1.807, 2.05) is 0 Å². The maximum Gasteiger partial charge on any atom is 0.137 e. The number of hydrogen-bond acceptors (Lipinski definition) is 1. The second kappa shape index (κ2) is 3.56. The van der Waals surface area contributed by atoms with Crippen LogP contribution < -0.4 is 5.73 Å². The Morgan fingerprint density at radius 2 is 2.13 bits per heavy atom. The van der Waals surface area contributed by atoms with Crippen molar-refractivity contribution >= 4 is 0 Å². The van der Waals surface area contributed by atoms with Crippen LogP contribution in [0.3, 0.4) is 0 Å². The van der Waals surface area contributed by atoms with Gasteiger partial charge in [-0.3, -0.25) is 0 Å². The molecule has 1 aliphatic carbocycles. The number of alkyl halides is 1. The average molecular weight is 211 g/mol. The van der Waals surface area contributed by atoms with Crippen LogP contribution in [0.4, 0.5) is 8.78 Å². The molecule has 1 nitrogen and oxygen atoms in total. The molecule has 0 heterocycles. The first-order valence-corrected chi connectivity index (χ1v) is 5.22. The summed E-state index contributed by atoms with van der Waals surface area (Å²) in [6.07, 6.45) is 1.37. The third-order valence-corrected chi connectivity index (χ3v) is 3.06. The molecule has 2 rings (SSSR count). The molecule has 0 spiro atoms. The lowest BCUT2D eigenvalue weighted by Gasteiger charge is -2.20. The van der Waals surface area contributed by atoms with E-state index in [0.717, 1.165) is 5.56 Å². The van der Waals surface area contributed by atoms with Gasteiger partial charge in [0.05, 0.1) is 0 Å². The number of aryl methyl sites for hydroxylation is 1. The van der Waals surface area contributed by atoms with E-state index in [9.17, 15) is 8.78 Å². The van der Waals surface area contributed by atoms with Gasteiger partial charge in [-0.25, -0.2) is 8.78 Å². The number of rotatable bonds is 1. The zero-order valence-electron chi connectivity index (χ0n) is 8.76. The van der Waals surface area contributed by atoms with Gasteiger partial charge in [0.1, 0.15) is 11.5 Å². The average Bonchev–Trinajstić information content (AvgIpc) is 2.46. The number of benzene rings is 1. The van der Waals surface area contributed by atoms with Crippen LogP contribution in [0.5, 0.6) is 0 Å². The molecule has 1 aromatic rings. The fourth-order valence-corrected chi connectivity index (χ4v) is 2.29. The molecule has 0 aromatic heterocycles. The molecule has 2 unspecified atom stereocenters. The summed E-state index contributed by atoms with van der Waals surface area (Å²) in [5, 5.41) is 0. The number of nitrogens with two attached hydrogens (primary N) is 1. The fraction of sp³-hybridized carbons (Fsp3) is 0.500. The van der Waals surface area contributed by atoms with E-state index in [-0.39, 0.29) is 11.9 Å². The van der Waals surface area contributed by atoms with Crippen LogP contribution in [0, 0.1) is 12.7 Å². The molecular weight excluding hydrogens is 196 g/mol. The lowest BCUT2D eigenvalue weighted by molar-refractivity contribution is 0.172. The van der Waals surface area contributed by atoms with Crippen LogP contribution in [0.15, 0.2) is 18.2 Å². The monoisotopic (exact) mass is 211 g/mol. The summed E-state index contributed by atoms with van der Waals surface area (Å²) in [5.41, 5.74) is 5.46. The molecule has 82 valence electrons. The lowest BCUT2D eigenvalue weighted by Crippen LogP contribution is -2.21. The molecule has 1 fully saturated rings. The summed E-state index contributed by atoms with van der Waals surface area (Å²) in [4.78, 5) is 0. The van der Waals surface area contributed by atoms with Gasteiger partial charge in [-0.2, -0.15) is 0 Å². The standard InChI is InChI=1S/C12H15F2N/c1-8-4-9(6-10(13)5-8)12(14)3-2-11(15)7-12/h4-6,11H,2-3,7,15H2,1H3. The highest BCUT2D eigenvalue weighted by atomic mass is 19.1. The summed E-state index contributed by atoms with van der Waals surface area (Å²) in [5.74, 6) is -0.373. The predicted molar refractivity (Wildman–Crippen MR) is 55.7 cm³/mol. The predicted octanol–water partition coefficient (Wildman–Crippen LogP) is 2.81. The van der Waals surface area contributed by atoms with E-state index < -0.39 is 5.67 Å². The van der Waals surface area contributed by atoms with Crippen LogP contribution in [0.2, 0.25) is 0 Å². The van der Waals surface area contributed by atoms with Crippen LogP contribution in [-0.4, -0.2) is 6.04 Å². The van der Waals surface area contributed by atoms with Gasteiger partial charge in [-0.1, -0.05) is 6.07 Å². The maximum absolute atomic E-state index is 14.4. The molecule has 2 N–H and O–H groups in total. The summed E-state index contributed by atoms with van der Waals surface area (Å²) < 4.78 is 27.6. The Morgan fingerprint density at radius 3 is 2.67 bits per heavy atom. The first kappa shape index (κ1) is 10.6. The SMILES string of the molecule is Cc1cc(F)cc(C2(F)CCC(N)C2)c1. The first-order valence-electron chi connectivity index (χ1n) is 5.22. The van der Waals surface area contributed by atoms with Crippen molar-refractivity contribution in [2.75, 3.05) is 0 Å². The van der Waals surface area contributed by atoms with E-state index in [1.54, 1.807) is 13.0 Å². The zero-order chi connectivity index (χ0) is 11.1. The minimum Gasteiger partial charge on any atom is -0.328 e. The van der Waals surface area contributed by atoms with Crippen molar-refractivity contribution in [1.82, 2.24) is 0 Å². The van der Waals surface area contributed by atoms with Gasteiger partial charge < -0.3 is 5.73 Å². The Balaban J connectivity index is 2.36. The molecule has 2 atom stereocenters. The normalized spacial score (nSPS) is 30.8. The Bertz CT molecular complexity index is 358. The van der Waals surface area contributed by atoms with Crippen LogP contribution in [0.25, 0.3) is 0 Å². The largest absolute Gasteiger partial charge is 0.328 e. The molecule has 0 radical (unpaired) electrons. The summed E-state index contributed by atoms with van der Waals surface area (Å²) in [6.45, 7) is 1.77. The van der Waals surface area contributed by atoms with Gasteiger partial charge in [0.15, 0.2) is 0 Å². The molecule has 0 saturated heterocycles. The lowest BCUT2D eigenvalue weighted by atomic mass is 9.92. The number of hydrogen-bond donors (Lipinski definition) is 1. The Kier molecular flexibility index (Phi) is 2.51. The zero-order valence-corrected chi connectivity index (χ0v) is 8.76. The molecule has 0 aliphatic heterocycles. The van der Waals surface area contributed by atoms with Gasteiger partial charge in [-0.15, -0.1) is 0 Å². The summed E-state index contributed by atoms with van der Waals surface area (Å²) in [7, 11) is 0. The highest BCUT2D eigenvalue weighted by molar-refractivity contribution is 5.29. The highest BCUT2D eigenvalue weighted by Gasteiger charge is 2.39. The molecule has 0 amide bonds. The molecular formula is C12H15F2N. The van der Waals surface area contributed by atoms with Crippen molar-refractivity contribution in [3.63, 3.8) is 0 Å². The topological polar surface area (TPSA) is 26.0 Å². The molecule has 0 bridgehead atoms. The molecule has 3 heteroatoms. The number of halogens is 2. The van der Waals surface area contributed by atoms with Crippen molar-refractivity contribution in [3.8, 4) is 0 Å². The van der Waals surface area contributed by atoms with Gasteiger partial charge in [-0.05, 0) is 43.0 Å². The molecule has 1 aromatic carbocycles. The minimum absolute atomic E-state index is 0.0985. The van der Waals surface area contributed by atoms with Crippen molar-refractivity contribution in [2.45, 2.75) is 37.9 Å². The summed E-state index contributed by atoms with van der Waals surface area (Å²) >= 11 is 0. The van der Waals surface area contributed by atoms with Gasteiger partial charge in [0, 0.05) is 12.5 Å². The second-order valence-electron chi connectivity index (χ2n) is 4.49. The smallest absolute Gasteiger partial charge is 0.137 e. The van der Waals surface area contributed by atoms with E-state index in [1.165, 1.54) is 12.1 Å². The minimum atomic E-state index is -1.42. The summed E-state index contributed by atoms with van der Waals surface area (Å²) in [6, 6.07) is 4.30. The van der Waals surface area contributed by atoms with Gasteiger partial charge in [0.25, 0.3) is 0 Å². The van der Waals surface area contributed by atoms with Gasteiger partial charge >= 0.3 is 0 Å². The highest BCUT2D eigenvalue weighted by Crippen LogP contribution is 2.42. The van der Waals surface area contributed by atoms with E-state index >= 15 is 0 Å². The van der Waals surface area contributed by atoms with Crippen molar-refractivity contribution in [3.05, 3.63) is 35.1 Å². The Hall–Kier alpha value is -0.960. The van der Waals surface area contributed by atoms with Gasteiger partial charge in [0.2, 0.25) is 0 Å². The molecule has 1 aliphatic rings. The quantitative estimate of drug-likeness (QED) is 0.759. The third kappa shape index (κ3) is 2.02. The van der Waals surface area contributed by atoms with Crippen molar-refractivity contribution in [2.24, 2.45) is 5.73 Å². The van der Waals surface area contributed by atoms with E-state index in [4.69, 9.17) is 5.73 Å². The van der Waals surface area contributed by atoms with Crippen LogP contribution in [-0.2, 0) is 5.67 Å². The van der Waals surface area contributed by atoms with Crippen LogP contribution in [0.1, 0.15) is 30.4 Å². The maximum atomic E-state index is 14.4. The van der Waals surface area contributed by atoms with E-state index in [2.05, 4.69) is 0 Å². The third-order valence-electron chi connectivity index (χ3n) is 3.06. The van der Waals surface area contributed by atoms with Crippen molar-refractivity contribution in [1.29, 1.82) is 0 Å². The Labute approximate surface area is 88.3 Å².